The average molecular weight is 324 g/mol. The molecular weight excluding hydrogens is 304 g/mol. The van der Waals surface area contributed by atoms with Crippen molar-refractivity contribution in [3.8, 4) is 23.0 Å². The Morgan fingerprint density at radius 2 is 1.96 bits per heavy atom. The van der Waals surface area contributed by atoms with E-state index < -0.39 is 0 Å². The van der Waals surface area contributed by atoms with E-state index in [9.17, 15) is 10.2 Å². The highest BCUT2D eigenvalue weighted by molar-refractivity contribution is 5.57. The minimum absolute atomic E-state index is 0.100. The minimum atomic E-state index is -0.142. The van der Waals surface area contributed by atoms with Crippen LogP contribution in [0.2, 0.25) is 0 Å². The number of benzene rings is 2. The molecule has 2 aromatic carbocycles. The van der Waals surface area contributed by atoms with Gasteiger partial charge in [0.2, 0.25) is 0 Å². The van der Waals surface area contributed by atoms with Crippen molar-refractivity contribution in [2.24, 2.45) is 0 Å². The lowest BCUT2D eigenvalue weighted by Gasteiger charge is -2.27. The van der Waals surface area contributed by atoms with Gasteiger partial charge in [-0.05, 0) is 38.5 Å². The summed E-state index contributed by atoms with van der Waals surface area (Å²) >= 11 is 0. The van der Waals surface area contributed by atoms with Gasteiger partial charge >= 0.3 is 0 Å². The molecule has 4 nitrogen and oxygen atoms in total. The van der Waals surface area contributed by atoms with Gasteiger partial charge in [0.25, 0.3) is 0 Å². The number of hydrogen-bond donors (Lipinski definition) is 2. The van der Waals surface area contributed by atoms with Crippen LogP contribution in [-0.2, 0) is 6.42 Å². The summed E-state index contributed by atoms with van der Waals surface area (Å²) in [5.41, 5.74) is 4.04. The van der Waals surface area contributed by atoms with Gasteiger partial charge in [-0.2, -0.15) is 0 Å². The number of phenolic OH excluding ortho intramolecular Hbond substituents is 2. The Kier molecular flexibility index (Phi) is 3.41. The number of fused-ring (bicyclic) bond motifs is 5. The van der Waals surface area contributed by atoms with E-state index in [1.54, 1.807) is 18.2 Å². The fourth-order valence-corrected chi connectivity index (χ4v) is 3.46. The maximum Gasteiger partial charge on any atom is 0.138 e. The highest BCUT2D eigenvalue weighted by atomic mass is 16.5. The van der Waals surface area contributed by atoms with E-state index in [1.165, 1.54) is 5.57 Å². The van der Waals surface area contributed by atoms with E-state index in [2.05, 4.69) is 6.08 Å². The zero-order valence-electron chi connectivity index (χ0n) is 13.7. The van der Waals surface area contributed by atoms with Crippen LogP contribution < -0.4 is 9.47 Å². The zero-order valence-corrected chi connectivity index (χ0v) is 13.7. The number of phenols is 2. The van der Waals surface area contributed by atoms with Crippen LogP contribution in [0.25, 0.3) is 0 Å². The van der Waals surface area contributed by atoms with Crippen LogP contribution in [0.3, 0.4) is 0 Å². The lowest BCUT2D eigenvalue weighted by molar-refractivity contribution is 0.138. The van der Waals surface area contributed by atoms with Gasteiger partial charge in [0.15, 0.2) is 0 Å². The molecule has 0 aliphatic carbocycles. The predicted molar refractivity (Wildman–Crippen MR) is 91.0 cm³/mol. The normalized spacial score (nSPS) is 20.2. The first-order valence-electron chi connectivity index (χ1n) is 8.15. The fourth-order valence-electron chi connectivity index (χ4n) is 3.46. The minimum Gasteiger partial charge on any atom is -0.508 e. The molecule has 2 atom stereocenters. The number of hydrogen-bond acceptors (Lipinski definition) is 4. The lowest BCUT2D eigenvalue weighted by Crippen LogP contribution is -2.22. The summed E-state index contributed by atoms with van der Waals surface area (Å²) in [6.45, 7) is 4.58. The number of aromatic hydroxyl groups is 2. The molecule has 0 aromatic heterocycles. The number of allylic oxidation sites excluding steroid dienone is 2. The molecule has 0 saturated heterocycles. The van der Waals surface area contributed by atoms with E-state index in [1.807, 2.05) is 26.0 Å². The monoisotopic (exact) mass is 324 g/mol. The first-order valence-corrected chi connectivity index (χ1v) is 8.15. The van der Waals surface area contributed by atoms with Crippen molar-refractivity contribution in [2.45, 2.75) is 32.3 Å². The van der Waals surface area contributed by atoms with Gasteiger partial charge in [-0.3, -0.25) is 0 Å². The van der Waals surface area contributed by atoms with E-state index in [0.29, 0.717) is 18.8 Å². The Bertz CT molecular complexity index is 834. The van der Waals surface area contributed by atoms with Gasteiger partial charge in [0, 0.05) is 22.8 Å². The maximum absolute atomic E-state index is 10.3. The first kappa shape index (κ1) is 14.9. The van der Waals surface area contributed by atoms with E-state index >= 15 is 0 Å². The van der Waals surface area contributed by atoms with Crippen molar-refractivity contribution in [1.29, 1.82) is 0 Å². The van der Waals surface area contributed by atoms with E-state index in [4.69, 9.17) is 9.47 Å². The maximum atomic E-state index is 10.3. The molecule has 2 N–H and O–H groups in total. The van der Waals surface area contributed by atoms with Crippen LogP contribution in [0.4, 0.5) is 0 Å². The molecule has 2 heterocycles. The fraction of sp³-hybridized carbons (Fsp3) is 0.300. The standard InChI is InChI=1S/C20H20O4/c1-11(2)3-5-14-17(22)8-7-13-16-10-23-18-9-12(21)4-6-15(18)20(16)24-19(13)14/h3-4,6-9,16,20-22H,5,10H2,1-2H3/t16-,20+/m1/s1. The molecule has 124 valence electrons. The Hall–Kier alpha value is -2.62. The second-order valence-electron chi connectivity index (χ2n) is 6.65. The second-order valence-corrected chi connectivity index (χ2v) is 6.65. The van der Waals surface area contributed by atoms with E-state index in [0.717, 1.165) is 22.4 Å². The summed E-state index contributed by atoms with van der Waals surface area (Å²) in [7, 11) is 0. The molecule has 0 saturated carbocycles. The van der Waals surface area contributed by atoms with Gasteiger partial charge in [-0.25, -0.2) is 0 Å². The third-order valence-corrected chi connectivity index (χ3v) is 4.71. The van der Waals surface area contributed by atoms with Gasteiger partial charge in [0.1, 0.15) is 29.1 Å². The summed E-state index contributed by atoms with van der Waals surface area (Å²) in [4.78, 5) is 0. The molecular formula is C20H20O4. The molecule has 0 bridgehead atoms. The Labute approximate surface area is 141 Å². The Morgan fingerprint density at radius 3 is 2.75 bits per heavy atom. The molecule has 0 fully saturated rings. The third-order valence-electron chi connectivity index (χ3n) is 4.71. The second kappa shape index (κ2) is 5.48. The zero-order chi connectivity index (χ0) is 16.8. The van der Waals surface area contributed by atoms with Crippen LogP contribution in [0, 0.1) is 0 Å². The van der Waals surface area contributed by atoms with Crippen molar-refractivity contribution >= 4 is 0 Å². The molecule has 0 spiro atoms. The molecule has 0 amide bonds. The van der Waals surface area contributed by atoms with Crippen molar-refractivity contribution < 1.29 is 19.7 Å². The highest BCUT2D eigenvalue weighted by Crippen LogP contribution is 2.53. The SMILES string of the molecule is CC(C)=CCc1c(O)ccc2c1O[C@H]1c3ccc(O)cc3OC[C@H]21. The molecule has 2 aromatic rings. The van der Waals surface area contributed by atoms with Crippen LogP contribution in [0.5, 0.6) is 23.0 Å². The predicted octanol–water partition coefficient (Wildman–Crippen LogP) is 4.22. The van der Waals surface area contributed by atoms with Gasteiger partial charge < -0.3 is 19.7 Å². The van der Waals surface area contributed by atoms with E-state index in [-0.39, 0.29) is 23.5 Å². The molecule has 2 aliphatic heterocycles. The summed E-state index contributed by atoms with van der Waals surface area (Å²) < 4.78 is 12.1. The Balaban J connectivity index is 1.77. The molecule has 4 heteroatoms. The molecule has 4 rings (SSSR count). The average Bonchev–Trinajstić information content (AvgIpc) is 2.92. The smallest absolute Gasteiger partial charge is 0.138 e. The molecule has 0 radical (unpaired) electrons. The van der Waals surface area contributed by atoms with Crippen molar-refractivity contribution in [3.05, 3.63) is 58.7 Å². The summed E-state index contributed by atoms with van der Waals surface area (Å²) in [6.07, 6.45) is 2.58. The largest absolute Gasteiger partial charge is 0.508 e. The topological polar surface area (TPSA) is 58.9 Å². The summed E-state index contributed by atoms with van der Waals surface area (Å²) in [5, 5.41) is 19.9. The van der Waals surface area contributed by atoms with Crippen molar-refractivity contribution in [1.82, 2.24) is 0 Å². The first-order chi connectivity index (χ1) is 11.5. The van der Waals surface area contributed by atoms with Gasteiger partial charge in [-0.1, -0.05) is 17.7 Å². The lowest BCUT2D eigenvalue weighted by atomic mass is 9.88. The van der Waals surface area contributed by atoms with Crippen LogP contribution >= 0.6 is 0 Å². The number of ether oxygens (including phenoxy) is 2. The van der Waals surface area contributed by atoms with Crippen LogP contribution in [0.15, 0.2) is 42.0 Å². The summed E-state index contributed by atoms with van der Waals surface area (Å²) in [5.74, 6) is 1.98. The van der Waals surface area contributed by atoms with Gasteiger partial charge in [0.05, 0.1) is 12.5 Å². The van der Waals surface area contributed by atoms with Crippen LogP contribution in [-0.4, -0.2) is 16.8 Å². The van der Waals surface area contributed by atoms with Crippen LogP contribution in [0.1, 0.15) is 42.6 Å². The van der Waals surface area contributed by atoms with Gasteiger partial charge in [-0.15, -0.1) is 0 Å². The van der Waals surface area contributed by atoms with Crippen molar-refractivity contribution in [3.63, 3.8) is 0 Å². The molecule has 0 unspecified atom stereocenters. The summed E-state index contributed by atoms with van der Waals surface area (Å²) in [6, 6.07) is 8.79. The molecule has 2 aliphatic rings. The Morgan fingerprint density at radius 1 is 1.17 bits per heavy atom. The highest BCUT2D eigenvalue weighted by Gasteiger charge is 2.42. The number of rotatable bonds is 2. The third kappa shape index (κ3) is 2.30. The quantitative estimate of drug-likeness (QED) is 0.812. The molecule has 24 heavy (non-hydrogen) atoms. The van der Waals surface area contributed by atoms with Crippen molar-refractivity contribution in [2.75, 3.05) is 6.61 Å².